The molecule has 1 aromatic carbocycles. The molecule has 104 valence electrons. The van der Waals surface area contributed by atoms with Gasteiger partial charge < -0.3 is 20.2 Å². The van der Waals surface area contributed by atoms with Gasteiger partial charge in [0.05, 0.1) is 6.61 Å². The zero-order valence-corrected chi connectivity index (χ0v) is 11.1. The molecule has 6 nitrogen and oxygen atoms in total. The summed E-state index contributed by atoms with van der Waals surface area (Å²) >= 11 is 0. The number of nitro groups is 1. The molecule has 6 heteroatoms. The van der Waals surface area contributed by atoms with Crippen LogP contribution in [0.15, 0.2) is 42.6 Å². The second-order valence-corrected chi connectivity index (χ2v) is 4.07. The second-order valence-electron chi connectivity index (χ2n) is 4.07. The van der Waals surface area contributed by atoms with Crippen LogP contribution in [0, 0.1) is 10.1 Å². The Morgan fingerprint density at radius 2 is 2.20 bits per heavy atom. The first-order valence-electron chi connectivity index (χ1n) is 6.25. The van der Waals surface area contributed by atoms with E-state index in [1.165, 1.54) is 6.20 Å². The van der Waals surface area contributed by atoms with Crippen molar-refractivity contribution < 1.29 is 9.66 Å². The van der Waals surface area contributed by atoms with E-state index in [0.29, 0.717) is 18.8 Å². The summed E-state index contributed by atoms with van der Waals surface area (Å²) in [5.41, 5.74) is 1.38. The molecular weight excluding hydrogens is 258 g/mol. The largest absolute Gasteiger partial charge is 0.494 e. The van der Waals surface area contributed by atoms with Gasteiger partial charge in [0.25, 0.3) is 0 Å². The van der Waals surface area contributed by atoms with Gasteiger partial charge in [-0.1, -0.05) is 12.1 Å². The van der Waals surface area contributed by atoms with Gasteiger partial charge in [0.2, 0.25) is 0 Å². The zero-order chi connectivity index (χ0) is 14.4. The Hall–Kier alpha value is -2.63. The number of ether oxygens (including phenoxy) is 1. The quantitative estimate of drug-likeness (QED) is 0.646. The standard InChI is InChI=1S/C14H15N3O3/c1-2-20-12-6-3-5-11(9-12)10-16-13-7-4-8-15-14(13)17(18)19/h3-9,16H,2,10H2,1H3. The topological polar surface area (TPSA) is 77.3 Å². The molecule has 0 aliphatic rings. The van der Waals surface area contributed by atoms with Crippen molar-refractivity contribution in [2.45, 2.75) is 13.5 Å². The van der Waals surface area contributed by atoms with Crippen molar-refractivity contribution in [3.05, 3.63) is 58.3 Å². The number of aromatic nitrogens is 1. The first-order valence-corrected chi connectivity index (χ1v) is 6.25. The Morgan fingerprint density at radius 1 is 1.35 bits per heavy atom. The van der Waals surface area contributed by atoms with Gasteiger partial charge >= 0.3 is 5.82 Å². The fraction of sp³-hybridized carbons (Fsp3) is 0.214. The van der Waals surface area contributed by atoms with Crippen LogP contribution in [0.25, 0.3) is 0 Å². The lowest BCUT2D eigenvalue weighted by Crippen LogP contribution is -2.04. The number of hydrogen-bond acceptors (Lipinski definition) is 5. The number of anilines is 1. The fourth-order valence-corrected chi connectivity index (χ4v) is 1.79. The zero-order valence-electron chi connectivity index (χ0n) is 11.1. The molecule has 0 unspecified atom stereocenters. The van der Waals surface area contributed by atoms with Gasteiger partial charge in [-0.25, -0.2) is 0 Å². The van der Waals surface area contributed by atoms with Crippen LogP contribution < -0.4 is 10.1 Å². The first-order chi connectivity index (χ1) is 9.70. The molecule has 2 rings (SSSR count). The normalized spacial score (nSPS) is 10.1. The van der Waals surface area contributed by atoms with Crippen molar-refractivity contribution in [3.63, 3.8) is 0 Å². The average Bonchev–Trinajstić information content (AvgIpc) is 2.46. The minimum absolute atomic E-state index is 0.173. The SMILES string of the molecule is CCOc1cccc(CNc2cccnc2[N+](=O)[O-])c1. The summed E-state index contributed by atoms with van der Waals surface area (Å²) < 4.78 is 5.41. The molecule has 0 saturated heterocycles. The lowest BCUT2D eigenvalue weighted by atomic mass is 10.2. The highest BCUT2D eigenvalue weighted by molar-refractivity contribution is 5.56. The lowest BCUT2D eigenvalue weighted by Gasteiger charge is -2.08. The van der Waals surface area contributed by atoms with Crippen LogP contribution in [0.3, 0.4) is 0 Å². The van der Waals surface area contributed by atoms with Crippen molar-refractivity contribution >= 4 is 11.5 Å². The molecule has 0 aliphatic carbocycles. The van der Waals surface area contributed by atoms with Crippen LogP contribution in [-0.4, -0.2) is 16.5 Å². The molecule has 1 aromatic heterocycles. The molecule has 20 heavy (non-hydrogen) atoms. The third-order valence-corrected chi connectivity index (χ3v) is 2.65. The maximum atomic E-state index is 10.9. The average molecular weight is 273 g/mol. The molecule has 0 spiro atoms. The van der Waals surface area contributed by atoms with Gasteiger partial charge in [-0.2, -0.15) is 0 Å². The predicted molar refractivity (Wildman–Crippen MR) is 75.8 cm³/mol. The molecule has 0 fully saturated rings. The Labute approximate surface area is 116 Å². The fourth-order valence-electron chi connectivity index (χ4n) is 1.79. The Morgan fingerprint density at radius 3 is 2.95 bits per heavy atom. The van der Waals surface area contributed by atoms with Crippen molar-refractivity contribution in [3.8, 4) is 5.75 Å². The number of hydrogen-bond donors (Lipinski definition) is 1. The van der Waals surface area contributed by atoms with E-state index in [1.807, 2.05) is 31.2 Å². The highest BCUT2D eigenvalue weighted by Gasteiger charge is 2.13. The molecule has 1 N–H and O–H groups in total. The van der Waals surface area contributed by atoms with Gasteiger partial charge in [0.1, 0.15) is 17.6 Å². The molecule has 0 aliphatic heterocycles. The van der Waals surface area contributed by atoms with Crippen LogP contribution in [-0.2, 0) is 6.54 Å². The van der Waals surface area contributed by atoms with Crippen molar-refractivity contribution in [2.75, 3.05) is 11.9 Å². The number of nitrogens with one attached hydrogen (secondary N) is 1. The summed E-state index contributed by atoms with van der Waals surface area (Å²) in [7, 11) is 0. The van der Waals surface area contributed by atoms with Crippen LogP contribution in [0.1, 0.15) is 12.5 Å². The van der Waals surface area contributed by atoms with E-state index < -0.39 is 4.92 Å². The highest BCUT2D eigenvalue weighted by Crippen LogP contribution is 2.21. The van der Waals surface area contributed by atoms with Gasteiger partial charge in [0, 0.05) is 6.54 Å². The third kappa shape index (κ3) is 3.44. The van der Waals surface area contributed by atoms with Crippen LogP contribution in [0.4, 0.5) is 11.5 Å². The number of benzene rings is 1. The molecule has 2 aromatic rings. The van der Waals surface area contributed by atoms with E-state index in [1.54, 1.807) is 12.1 Å². The molecule has 0 bridgehead atoms. The molecule has 0 atom stereocenters. The Kier molecular flexibility index (Phi) is 4.49. The predicted octanol–water partition coefficient (Wildman–Crippen LogP) is 3.00. The summed E-state index contributed by atoms with van der Waals surface area (Å²) in [6.45, 7) is 2.99. The monoisotopic (exact) mass is 273 g/mol. The van der Waals surface area contributed by atoms with E-state index in [-0.39, 0.29) is 5.82 Å². The van der Waals surface area contributed by atoms with Crippen molar-refractivity contribution in [1.29, 1.82) is 0 Å². The third-order valence-electron chi connectivity index (χ3n) is 2.65. The van der Waals surface area contributed by atoms with Gasteiger partial charge in [-0.05, 0) is 46.7 Å². The van der Waals surface area contributed by atoms with E-state index >= 15 is 0 Å². The Balaban J connectivity index is 2.09. The smallest absolute Gasteiger partial charge is 0.386 e. The summed E-state index contributed by atoms with van der Waals surface area (Å²) in [6, 6.07) is 10.9. The molecule has 1 heterocycles. The van der Waals surface area contributed by atoms with E-state index in [4.69, 9.17) is 4.74 Å². The minimum atomic E-state index is -0.501. The van der Waals surface area contributed by atoms with Crippen LogP contribution in [0.5, 0.6) is 5.75 Å². The molecule has 0 amide bonds. The van der Waals surface area contributed by atoms with Crippen molar-refractivity contribution in [2.24, 2.45) is 0 Å². The summed E-state index contributed by atoms with van der Waals surface area (Å²) in [5.74, 6) is 0.612. The maximum absolute atomic E-state index is 10.9. The van der Waals surface area contributed by atoms with Crippen LogP contribution in [0.2, 0.25) is 0 Å². The molecular formula is C14H15N3O3. The van der Waals surface area contributed by atoms with Crippen molar-refractivity contribution in [1.82, 2.24) is 4.98 Å². The summed E-state index contributed by atoms with van der Waals surface area (Å²) in [4.78, 5) is 14.1. The van der Waals surface area contributed by atoms with Gasteiger partial charge in [-0.3, -0.25) is 0 Å². The highest BCUT2D eigenvalue weighted by atomic mass is 16.6. The summed E-state index contributed by atoms with van der Waals surface area (Å²) in [6.07, 6.45) is 1.40. The number of nitrogens with zero attached hydrogens (tertiary/aromatic N) is 2. The van der Waals surface area contributed by atoms with Crippen LogP contribution >= 0.6 is 0 Å². The summed E-state index contributed by atoms with van der Waals surface area (Å²) in [5, 5.41) is 13.9. The molecule has 0 radical (unpaired) electrons. The lowest BCUT2D eigenvalue weighted by molar-refractivity contribution is -0.388. The second kappa shape index (κ2) is 6.51. The van der Waals surface area contributed by atoms with E-state index in [2.05, 4.69) is 10.3 Å². The maximum Gasteiger partial charge on any atom is 0.386 e. The van der Waals surface area contributed by atoms with Gasteiger partial charge in [0.15, 0.2) is 0 Å². The Bertz CT molecular complexity index is 602. The molecule has 0 saturated carbocycles. The van der Waals surface area contributed by atoms with E-state index in [0.717, 1.165) is 11.3 Å². The van der Waals surface area contributed by atoms with E-state index in [9.17, 15) is 10.1 Å². The number of rotatable bonds is 6. The van der Waals surface area contributed by atoms with Gasteiger partial charge in [-0.15, -0.1) is 0 Å². The minimum Gasteiger partial charge on any atom is -0.494 e. The first kappa shape index (κ1) is 13.8. The number of pyridine rings is 1.